The van der Waals surface area contributed by atoms with E-state index in [2.05, 4.69) is 5.32 Å². The molecular formula is C24H23Cl2N5O2S. The third-order valence-corrected chi connectivity index (χ3v) is 6.75. The maximum absolute atomic E-state index is 11.4. The van der Waals surface area contributed by atoms with Gasteiger partial charge in [-0.25, -0.2) is 13.6 Å². The Kier molecular flexibility index (Phi) is 7.65. The highest BCUT2D eigenvalue weighted by molar-refractivity contribution is 7.89. The van der Waals surface area contributed by atoms with Gasteiger partial charge in [-0.3, -0.25) is 0 Å². The van der Waals surface area contributed by atoms with E-state index >= 15 is 0 Å². The zero-order valence-electron chi connectivity index (χ0n) is 18.2. The standard InChI is InChI=1S/C24H23Cl2N5O2S/c25-20-9-8-19(22(26)14-20)16-31-29-23(24(30-31)18-4-2-1-3-5-18)15-28-13-12-17-6-10-21(11-7-17)34(27,32)33/h1-11,14,28H,12-13,15-16H2,(H2,27,32,33). The second-order valence-electron chi connectivity index (χ2n) is 7.74. The van der Waals surface area contributed by atoms with Gasteiger partial charge in [0.15, 0.2) is 0 Å². The van der Waals surface area contributed by atoms with Crippen molar-refractivity contribution in [3.8, 4) is 11.3 Å². The third-order valence-electron chi connectivity index (χ3n) is 5.23. The Morgan fingerprint density at radius 3 is 2.35 bits per heavy atom. The van der Waals surface area contributed by atoms with Gasteiger partial charge in [-0.05, 0) is 48.4 Å². The molecule has 4 aromatic rings. The highest BCUT2D eigenvalue weighted by Gasteiger charge is 2.14. The number of rotatable bonds is 9. The van der Waals surface area contributed by atoms with E-state index in [9.17, 15) is 8.42 Å². The molecule has 1 heterocycles. The summed E-state index contributed by atoms with van der Waals surface area (Å²) in [6, 6.07) is 21.8. The zero-order chi connectivity index (χ0) is 24.1. The van der Waals surface area contributed by atoms with Crippen LogP contribution in [-0.4, -0.2) is 30.0 Å². The summed E-state index contributed by atoms with van der Waals surface area (Å²) in [5.41, 5.74) is 4.48. The predicted octanol–water partition coefficient (Wildman–Crippen LogP) is 4.28. The van der Waals surface area contributed by atoms with E-state index < -0.39 is 10.0 Å². The molecule has 0 aliphatic rings. The molecule has 3 N–H and O–H groups in total. The molecule has 1 aromatic heterocycles. The second kappa shape index (κ2) is 10.7. The molecule has 0 bridgehead atoms. The van der Waals surface area contributed by atoms with Crippen LogP contribution in [0.25, 0.3) is 11.3 Å². The Morgan fingerprint density at radius 2 is 1.68 bits per heavy atom. The van der Waals surface area contributed by atoms with Gasteiger partial charge < -0.3 is 5.32 Å². The van der Waals surface area contributed by atoms with Crippen LogP contribution >= 0.6 is 23.2 Å². The van der Waals surface area contributed by atoms with Crippen molar-refractivity contribution >= 4 is 33.2 Å². The number of halogens is 2. The van der Waals surface area contributed by atoms with Crippen molar-refractivity contribution in [3.63, 3.8) is 0 Å². The summed E-state index contributed by atoms with van der Waals surface area (Å²) in [4.78, 5) is 1.74. The monoisotopic (exact) mass is 515 g/mol. The topological polar surface area (TPSA) is 103 Å². The maximum Gasteiger partial charge on any atom is 0.238 e. The molecule has 0 amide bonds. The van der Waals surface area contributed by atoms with Gasteiger partial charge in [-0.2, -0.15) is 15.0 Å². The van der Waals surface area contributed by atoms with Gasteiger partial charge in [-0.1, -0.05) is 71.7 Å². The molecule has 34 heavy (non-hydrogen) atoms. The lowest BCUT2D eigenvalue weighted by Gasteiger charge is -2.06. The van der Waals surface area contributed by atoms with Gasteiger partial charge in [0.05, 0.1) is 11.4 Å². The summed E-state index contributed by atoms with van der Waals surface area (Å²) >= 11 is 12.3. The van der Waals surface area contributed by atoms with E-state index in [1.165, 1.54) is 12.1 Å². The average molecular weight is 516 g/mol. The molecule has 0 fully saturated rings. The van der Waals surface area contributed by atoms with Crippen LogP contribution in [0, 0.1) is 0 Å². The average Bonchev–Trinajstić information content (AvgIpc) is 3.21. The SMILES string of the molecule is NS(=O)(=O)c1ccc(CCNCc2nn(Cc3ccc(Cl)cc3Cl)nc2-c2ccccc2)cc1. The van der Waals surface area contributed by atoms with Crippen LogP contribution in [0.3, 0.4) is 0 Å². The first-order valence-electron chi connectivity index (χ1n) is 10.6. The number of sulfonamides is 1. The predicted molar refractivity (Wildman–Crippen MR) is 134 cm³/mol. The molecule has 0 radical (unpaired) electrons. The van der Waals surface area contributed by atoms with E-state index in [0.717, 1.165) is 34.5 Å². The molecule has 7 nitrogen and oxygen atoms in total. The highest BCUT2D eigenvalue weighted by Crippen LogP contribution is 2.24. The van der Waals surface area contributed by atoms with Crippen LogP contribution in [0.2, 0.25) is 10.0 Å². The van der Waals surface area contributed by atoms with Crippen molar-refractivity contribution in [1.82, 2.24) is 20.3 Å². The Bertz CT molecular complexity index is 1370. The van der Waals surface area contributed by atoms with Gasteiger partial charge in [0.2, 0.25) is 10.0 Å². The van der Waals surface area contributed by atoms with Crippen molar-refractivity contribution in [2.45, 2.75) is 24.4 Å². The number of benzene rings is 3. The molecule has 0 unspecified atom stereocenters. The normalized spacial score (nSPS) is 11.6. The van der Waals surface area contributed by atoms with Crippen LogP contribution in [0.5, 0.6) is 0 Å². The number of hydrogen-bond acceptors (Lipinski definition) is 5. The van der Waals surface area contributed by atoms with Gasteiger partial charge >= 0.3 is 0 Å². The van der Waals surface area contributed by atoms with Crippen LogP contribution in [0.4, 0.5) is 0 Å². The lowest BCUT2D eigenvalue weighted by Crippen LogP contribution is -2.18. The van der Waals surface area contributed by atoms with E-state index in [1.54, 1.807) is 29.1 Å². The minimum absolute atomic E-state index is 0.106. The fourth-order valence-corrected chi connectivity index (χ4v) is 4.46. The minimum Gasteiger partial charge on any atom is -0.311 e. The second-order valence-corrected chi connectivity index (χ2v) is 10.1. The Hall–Kier alpha value is -2.75. The van der Waals surface area contributed by atoms with Crippen molar-refractivity contribution in [1.29, 1.82) is 0 Å². The van der Waals surface area contributed by atoms with E-state index in [4.69, 9.17) is 38.5 Å². The van der Waals surface area contributed by atoms with Crippen molar-refractivity contribution in [3.05, 3.63) is 99.7 Å². The lowest BCUT2D eigenvalue weighted by molar-refractivity contribution is 0.577. The minimum atomic E-state index is -3.69. The first kappa shape index (κ1) is 24.4. The number of hydrogen-bond donors (Lipinski definition) is 2. The maximum atomic E-state index is 11.4. The van der Waals surface area contributed by atoms with Crippen molar-refractivity contribution in [2.24, 2.45) is 5.14 Å². The van der Waals surface area contributed by atoms with E-state index in [0.29, 0.717) is 29.7 Å². The fraction of sp³-hybridized carbons (Fsp3) is 0.167. The molecule has 0 aliphatic heterocycles. The Balaban J connectivity index is 1.45. The number of nitrogens with one attached hydrogen (secondary N) is 1. The molecule has 0 aliphatic carbocycles. The van der Waals surface area contributed by atoms with Crippen LogP contribution in [0.1, 0.15) is 16.8 Å². The first-order valence-corrected chi connectivity index (χ1v) is 12.9. The largest absolute Gasteiger partial charge is 0.311 e. The summed E-state index contributed by atoms with van der Waals surface area (Å²) in [5.74, 6) is 0. The molecular weight excluding hydrogens is 493 g/mol. The quantitative estimate of drug-likeness (QED) is 0.324. The van der Waals surface area contributed by atoms with Crippen molar-refractivity contribution in [2.75, 3.05) is 6.54 Å². The van der Waals surface area contributed by atoms with Crippen molar-refractivity contribution < 1.29 is 8.42 Å². The molecule has 4 rings (SSSR count). The summed E-state index contributed by atoms with van der Waals surface area (Å²) in [7, 11) is -3.69. The molecule has 0 atom stereocenters. The lowest BCUT2D eigenvalue weighted by atomic mass is 10.1. The van der Waals surface area contributed by atoms with Gasteiger partial charge in [-0.15, -0.1) is 0 Å². The molecule has 0 saturated carbocycles. The fourth-order valence-electron chi connectivity index (χ4n) is 3.48. The molecule has 0 saturated heterocycles. The molecule has 3 aromatic carbocycles. The zero-order valence-corrected chi connectivity index (χ0v) is 20.5. The summed E-state index contributed by atoms with van der Waals surface area (Å²) in [6.07, 6.45) is 0.722. The summed E-state index contributed by atoms with van der Waals surface area (Å²) < 4.78 is 22.8. The molecule has 176 valence electrons. The van der Waals surface area contributed by atoms with Crippen LogP contribution < -0.4 is 10.5 Å². The van der Waals surface area contributed by atoms with Crippen LogP contribution in [-0.2, 0) is 29.5 Å². The molecule has 10 heteroatoms. The summed E-state index contributed by atoms with van der Waals surface area (Å²) in [6.45, 7) is 1.62. The number of aromatic nitrogens is 3. The Labute approximate surface area is 208 Å². The number of nitrogens with two attached hydrogens (primary N) is 1. The first-order chi connectivity index (χ1) is 16.3. The number of primary sulfonamides is 1. The van der Waals surface area contributed by atoms with Gasteiger partial charge in [0.25, 0.3) is 0 Å². The smallest absolute Gasteiger partial charge is 0.238 e. The molecule has 0 spiro atoms. The van der Waals surface area contributed by atoms with Crippen LogP contribution in [0.15, 0.2) is 77.7 Å². The summed E-state index contributed by atoms with van der Waals surface area (Å²) in [5, 5.41) is 19.1. The highest BCUT2D eigenvalue weighted by atomic mass is 35.5. The third kappa shape index (κ3) is 6.22. The van der Waals surface area contributed by atoms with Gasteiger partial charge in [0, 0.05) is 22.2 Å². The number of nitrogens with zero attached hydrogens (tertiary/aromatic N) is 3. The van der Waals surface area contributed by atoms with E-state index in [-0.39, 0.29) is 4.90 Å². The van der Waals surface area contributed by atoms with E-state index in [1.807, 2.05) is 36.4 Å². The Morgan fingerprint density at radius 1 is 0.941 bits per heavy atom. The van der Waals surface area contributed by atoms with Gasteiger partial charge in [0.1, 0.15) is 11.4 Å².